The van der Waals surface area contributed by atoms with E-state index >= 15 is 0 Å². The van der Waals surface area contributed by atoms with E-state index in [0.29, 0.717) is 38.7 Å². The third-order valence-electron chi connectivity index (χ3n) is 4.44. The summed E-state index contributed by atoms with van der Waals surface area (Å²) in [4.78, 5) is 16.1. The zero-order chi connectivity index (χ0) is 21.4. The van der Waals surface area contributed by atoms with E-state index in [4.69, 9.17) is 4.74 Å². The number of halogens is 3. The molecule has 9 heteroatoms. The fraction of sp³-hybridized carbons (Fsp3) is 0.500. The van der Waals surface area contributed by atoms with Crippen LogP contribution in [0.2, 0.25) is 0 Å². The van der Waals surface area contributed by atoms with Crippen LogP contribution in [0.25, 0.3) is 0 Å². The zero-order valence-corrected chi connectivity index (χ0v) is 16.9. The maximum absolute atomic E-state index is 12.7. The second kappa shape index (κ2) is 10.3. The van der Waals surface area contributed by atoms with Crippen LogP contribution in [-0.4, -0.2) is 53.6 Å². The van der Waals surface area contributed by atoms with Crippen molar-refractivity contribution in [2.75, 3.05) is 37.7 Å². The first-order valence-corrected chi connectivity index (χ1v) is 9.71. The fourth-order valence-corrected chi connectivity index (χ4v) is 2.89. The molecule has 0 N–H and O–H groups in total. The number of morpholine rings is 1. The molecule has 1 aromatic heterocycles. The molecular weight excluding hydrogens is 385 g/mol. The second-order valence-electron chi connectivity index (χ2n) is 6.23. The van der Waals surface area contributed by atoms with Crippen molar-refractivity contribution in [2.24, 2.45) is 0 Å². The summed E-state index contributed by atoms with van der Waals surface area (Å²) in [5.74, 6) is 0. The first kappa shape index (κ1) is 22.7. The number of carbonyl (C=O) groups is 1. The van der Waals surface area contributed by atoms with Crippen LogP contribution in [0, 0.1) is 0 Å². The summed E-state index contributed by atoms with van der Waals surface area (Å²) in [6.45, 7) is 9.48. The molecule has 0 spiro atoms. The number of alkyl halides is 3. The van der Waals surface area contributed by atoms with Gasteiger partial charge < -0.3 is 14.5 Å². The lowest BCUT2D eigenvalue weighted by Crippen LogP contribution is -2.36. The Kier molecular flexibility index (Phi) is 8.07. The molecule has 0 saturated carbocycles. The van der Waals surface area contributed by atoms with Crippen LogP contribution in [0.15, 0.2) is 36.7 Å². The average molecular weight is 412 g/mol. The normalized spacial score (nSPS) is 14.2. The van der Waals surface area contributed by atoms with Gasteiger partial charge in [-0.05, 0) is 24.6 Å². The molecule has 0 aliphatic carbocycles. The van der Waals surface area contributed by atoms with Crippen LogP contribution in [0.3, 0.4) is 0 Å². The van der Waals surface area contributed by atoms with E-state index in [1.165, 1.54) is 4.90 Å². The summed E-state index contributed by atoms with van der Waals surface area (Å²) in [5, 5.41) is 3.56. The van der Waals surface area contributed by atoms with E-state index in [2.05, 4.69) is 10.00 Å². The highest BCUT2D eigenvalue weighted by atomic mass is 19.4. The zero-order valence-electron chi connectivity index (χ0n) is 16.9. The highest BCUT2D eigenvalue weighted by Crippen LogP contribution is 2.28. The van der Waals surface area contributed by atoms with E-state index in [0.717, 1.165) is 29.0 Å². The van der Waals surface area contributed by atoms with Crippen molar-refractivity contribution < 1.29 is 22.7 Å². The van der Waals surface area contributed by atoms with Gasteiger partial charge in [-0.1, -0.05) is 26.0 Å². The maximum atomic E-state index is 12.7. The number of benzene rings is 1. The van der Waals surface area contributed by atoms with E-state index < -0.39 is 17.8 Å². The van der Waals surface area contributed by atoms with Crippen molar-refractivity contribution >= 4 is 11.7 Å². The molecule has 1 aliphatic heterocycles. The van der Waals surface area contributed by atoms with Gasteiger partial charge in [0.1, 0.15) is 0 Å². The van der Waals surface area contributed by atoms with Gasteiger partial charge in [-0.15, -0.1) is 0 Å². The van der Waals surface area contributed by atoms with Crippen molar-refractivity contribution in [3.63, 3.8) is 0 Å². The van der Waals surface area contributed by atoms with E-state index in [1.807, 2.05) is 38.1 Å². The molecule has 0 unspecified atom stereocenters. The average Bonchev–Trinajstić information content (AvgIpc) is 3.25. The van der Waals surface area contributed by atoms with E-state index in [-0.39, 0.29) is 0 Å². The molecule has 1 saturated heterocycles. The van der Waals surface area contributed by atoms with Gasteiger partial charge in [0.25, 0.3) is 0 Å². The Morgan fingerprint density at radius 2 is 1.79 bits per heavy atom. The van der Waals surface area contributed by atoms with Gasteiger partial charge in [-0.25, -0.2) is 4.79 Å². The molecular formula is C20H27F3N4O2. The van der Waals surface area contributed by atoms with Crippen molar-refractivity contribution in [3.8, 4) is 0 Å². The van der Waals surface area contributed by atoms with Crippen LogP contribution in [0.1, 0.15) is 31.9 Å². The van der Waals surface area contributed by atoms with Gasteiger partial charge in [0, 0.05) is 38.1 Å². The molecule has 1 amide bonds. The minimum Gasteiger partial charge on any atom is -0.378 e. The number of hydrogen-bond acceptors (Lipinski definition) is 4. The van der Waals surface area contributed by atoms with E-state index in [1.54, 1.807) is 6.92 Å². The van der Waals surface area contributed by atoms with Crippen LogP contribution < -0.4 is 4.90 Å². The Labute approximate surface area is 168 Å². The Morgan fingerprint density at radius 1 is 1.17 bits per heavy atom. The van der Waals surface area contributed by atoms with E-state index in [9.17, 15) is 18.0 Å². The molecule has 0 radical (unpaired) electrons. The first-order chi connectivity index (χ1) is 13.9. The summed E-state index contributed by atoms with van der Waals surface area (Å²) in [6.07, 6.45) is -3.15. The van der Waals surface area contributed by atoms with Gasteiger partial charge in [-0.3, -0.25) is 0 Å². The third-order valence-corrected chi connectivity index (χ3v) is 4.44. The molecule has 6 nitrogen and oxygen atoms in total. The number of anilines is 1. The summed E-state index contributed by atoms with van der Waals surface area (Å²) < 4.78 is 44.2. The first-order valence-electron chi connectivity index (χ1n) is 9.71. The Balaban J connectivity index is 0.00000145. The SMILES string of the molecule is CC.CCN(Cc1ccc(N2CCOCC2)cc1)C(=O)n1cc(C(F)(F)F)cn1. The Bertz CT molecular complexity index is 769. The summed E-state index contributed by atoms with van der Waals surface area (Å²) >= 11 is 0. The molecule has 0 atom stereocenters. The number of aromatic nitrogens is 2. The lowest BCUT2D eigenvalue weighted by Gasteiger charge is -2.29. The summed E-state index contributed by atoms with van der Waals surface area (Å²) in [7, 11) is 0. The molecule has 1 aliphatic rings. The lowest BCUT2D eigenvalue weighted by molar-refractivity contribution is -0.137. The monoisotopic (exact) mass is 412 g/mol. The maximum Gasteiger partial charge on any atom is 0.419 e. The smallest absolute Gasteiger partial charge is 0.378 e. The number of nitrogens with zero attached hydrogens (tertiary/aromatic N) is 4. The van der Waals surface area contributed by atoms with Gasteiger partial charge in [0.15, 0.2) is 0 Å². The minimum atomic E-state index is -4.52. The Hall–Kier alpha value is -2.55. The molecule has 2 heterocycles. The van der Waals surface area contributed by atoms with Gasteiger partial charge in [0.2, 0.25) is 0 Å². The highest BCUT2D eigenvalue weighted by Gasteiger charge is 2.33. The largest absolute Gasteiger partial charge is 0.419 e. The summed E-state index contributed by atoms with van der Waals surface area (Å²) in [5.41, 5.74) is 1.03. The third kappa shape index (κ3) is 5.96. The number of ether oxygens (including phenoxy) is 1. The molecule has 0 bridgehead atoms. The second-order valence-corrected chi connectivity index (χ2v) is 6.23. The quantitative estimate of drug-likeness (QED) is 0.753. The predicted molar refractivity (Wildman–Crippen MR) is 105 cm³/mol. The van der Waals surface area contributed by atoms with Crippen LogP contribution in [0.4, 0.5) is 23.7 Å². The van der Waals surface area contributed by atoms with Gasteiger partial charge in [0.05, 0.1) is 25.0 Å². The summed E-state index contributed by atoms with van der Waals surface area (Å²) in [6, 6.07) is 7.21. The minimum absolute atomic E-state index is 0.292. The van der Waals surface area contributed by atoms with Gasteiger partial charge >= 0.3 is 12.2 Å². The standard InChI is InChI=1S/C18H21F3N4O2.C2H6/c1-2-23(17(26)25-13-15(11-22-25)18(19,20)21)12-14-3-5-16(6-4-14)24-7-9-27-10-8-24;1-2/h3-6,11,13H,2,7-10,12H2,1H3;1-2H3. The molecule has 2 aromatic rings. The number of carbonyl (C=O) groups excluding carboxylic acids is 1. The molecule has 29 heavy (non-hydrogen) atoms. The van der Waals surface area contributed by atoms with Crippen molar-refractivity contribution in [1.29, 1.82) is 0 Å². The molecule has 1 fully saturated rings. The predicted octanol–water partition coefficient (Wildman–Crippen LogP) is 4.25. The Morgan fingerprint density at radius 3 is 2.31 bits per heavy atom. The lowest BCUT2D eigenvalue weighted by atomic mass is 10.1. The van der Waals surface area contributed by atoms with Crippen LogP contribution in [0.5, 0.6) is 0 Å². The topological polar surface area (TPSA) is 50.6 Å². The van der Waals surface area contributed by atoms with Crippen LogP contribution in [-0.2, 0) is 17.5 Å². The number of hydrogen-bond donors (Lipinski definition) is 0. The number of rotatable bonds is 4. The fourth-order valence-electron chi connectivity index (χ4n) is 2.89. The van der Waals surface area contributed by atoms with Gasteiger partial charge in [-0.2, -0.15) is 23.0 Å². The number of amides is 1. The van der Waals surface area contributed by atoms with Crippen molar-refractivity contribution in [1.82, 2.24) is 14.7 Å². The highest BCUT2D eigenvalue weighted by molar-refractivity contribution is 5.76. The molecule has 1 aromatic carbocycles. The molecule has 160 valence electrons. The van der Waals surface area contributed by atoms with Crippen LogP contribution >= 0.6 is 0 Å². The molecule has 3 rings (SSSR count). The van der Waals surface area contributed by atoms with Crippen molar-refractivity contribution in [3.05, 3.63) is 47.8 Å². The van der Waals surface area contributed by atoms with Crippen molar-refractivity contribution in [2.45, 2.75) is 33.5 Å².